The van der Waals surface area contributed by atoms with E-state index in [1.165, 1.54) is 6.42 Å². The van der Waals surface area contributed by atoms with E-state index in [4.69, 9.17) is 19.4 Å². The number of hydrogen-bond donors (Lipinski definition) is 1. The fourth-order valence-electron chi connectivity index (χ4n) is 7.82. The lowest BCUT2D eigenvalue weighted by atomic mass is 9.85. The second-order valence-corrected chi connectivity index (χ2v) is 16.2. The molecule has 1 N–H and O–H groups in total. The number of aromatic nitrogens is 5. The molecule has 4 atom stereocenters. The van der Waals surface area contributed by atoms with Gasteiger partial charge in [0.25, 0.3) is 0 Å². The van der Waals surface area contributed by atoms with Crippen LogP contribution in [0.3, 0.4) is 0 Å². The normalized spacial score (nSPS) is 19.6. The maximum Gasteiger partial charge on any atom is 0.357 e. The average molecular weight is 778 g/mol. The quantitative estimate of drug-likeness (QED) is 0.0944. The van der Waals surface area contributed by atoms with E-state index in [0.717, 1.165) is 53.7 Å². The lowest BCUT2D eigenvalue weighted by Crippen LogP contribution is -2.44. The summed E-state index contributed by atoms with van der Waals surface area (Å²) in [7, 11) is 2.04. The van der Waals surface area contributed by atoms with Gasteiger partial charge in [-0.25, -0.2) is 9.48 Å². The first-order valence-corrected chi connectivity index (χ1v) is 20.1. The molecule has 5 aromatic rings. The minimum Gasteiger partial charge on any atom is -0.492 e. The van der Waals surface area contributed by atoms with E-state index in [2.05, 4.69) is 46.1 Å². The molecule has 2 aliphatic rings. The number of nitrogens with one attached hydrogen (secondary N) is 1. The average Bonchev–Trinajstić information content (AvgIpc) is 3.83. The van der Waals surface area contributed by atoms with E-state index in [1.54, 1.807) is 10.7 Å². The van der Waals surface area contributed by atoms with Crippen molar-refractivity contribution in [1.29, 1.82) is 0 Å². The fraction of sp³-hybridized carbons (Fsp3) is 0.465. The van der Waals surface area contributed by atoms with Gasteiger partial charge in [-0.2, -0.15) is 5.10 Å². The van der Waals surface area contributed by atoms with Gasteiger partial charge >= 0.3 is 12.5 Å². The van der Waals surface area contributed by atoms with Crippen molar-refractivity contribution in [2.75, 3.05) is 36.7 Å². The molecule has 0 spiro atoms. The molecular weight excluding hydrogens is 723 g/mol. The summed E-state index contributed by atoms with van der Waals surface area (Å²) in [4.78, 5) is 36.2. The van der Waals surface area contributed by atoms with Crippen molar-refractivity contribution in [2.24, 2.45) is 0 Å². The zero-order valence-corrected chi connectivity index (χ0v) is 34.1. The number of urea groups is 1. The third-order valence-corrected chi connectivity index (χ3v) is 11.1. The van der Waals surface area contributed by atoms with E-state index in [0.29, 0.717) is 54.4 Å². The molecule has 3 aromatic heterocycles. The van der Waals surface area contributed by atoms with Crippen molar-refractivity contribution in [3.8, 4) is 17.2 Å². The number of carbonyl (C=O) groups excluding carboxylic acids is 2. The Bertz CT molecular complexity index is 2170. The van der Waals surface area contributed by atoms with E-state index in [-0.39, 0.29) is 29.9 Å². The minimum absolute atomic E-state index is 0.251. The first-order chi connectivity index (χ1) is 27.4. The number of hydrogen-bond acceptors (Lipinski definition) is 10. The van der Waals surface area contributed by atoms with Crippen LogP contribution in [0.4, 0.5) is 16.6 Å². The fourth-order valence-corrected chi connectivity index (χ4v) is 7.82. The van der Waals surface area contributed by atoms with Crippen LogP contribution in [0.1, 0.15) is 103 Å². The topological polar surface area (TPSA) is 132 Å². The zero-order valence-electron chi connectivity index (χ0n) is 34.1. The first kappa shape index (κ1) is 39.6. The summed E-state index contributed by atoms with van der Waals surface area (Å²) in [6.07, 6.45) is 6.39. The molecule has 57 heavy (non-hydrogen) atoms. The highest BCUT2D eigenvalue weighted by atomic mass is 16.7. The third-order valence-electron chi connectivity index (χ3n) is 11.1. The molecule has 0 bridgehead atoms. The molecule has 14 nitrogen and oxygen atoms in total. The molecule has 4 heterocycles. The number of fused-ring (bicyclic) bond motifs is 2. The van der Waals surface area contributed by atoms with Crippen LogP contribution in [-0.2, 0) is 15.0 Å². The summed E-state index contributed by atoms with van der Waals surface area (Å²) in [5.41, 5.74) is 3.65. The van der Waals surface area contributed by atoms with Crippen LogP contribution in [0.25, 0.3) is 11.3 Å². The Hall–Kier alpha value is -5.63. The van der Waals surface area contributed by atoms with Gasteiger partial charge in [-0.05, 0) is 94.9 Å². The number of hydroxylamine groups is 1. The van der Waals surface area contributed by atoms with Crippen molar-refractivity contribution in [3.05, 3.63) is 89.7 Å². The van der Waals surface area contributed by atoms with Gasteiger partial charge in [0.1, 0.15) is 24.2 Å². The molecular formula is C43H55N9O5. The van der Waals surface area contributed by atoms with Gasteiger partial charge in [0.2, 0.25) is 5.95 Å². The summed E-state index contributed by atoms with van der Waals surface area (Å²) >= 11 is 0. The van der Waals surface area contributed by atoms with Crippen LogP contribution in [0.2, 0.25) is 0 Å². The standard InChI is InChI=1S/C43H55N9O5/c1-8-48(7)23-24-55-32-16-12-15-31(25-32)51-40(26-38(47-51)43(4,5)6)52(56-28-53)42(54)44-36-20-21-37(35-18-10-9-17-34(35)36)57-33-19-22-39-45-46-41(49(39)27-33)50-29(2)13-11-14-30(50)3/h9-10,12,15-19,22,25-30,36-37H,8,11,13-14,20-21,23-24H2,1-7H3,(H,44,54)/t29-,30+,36-,37+/m0/s1. The van der Waals surface area contributed by atoms with Crippen LogP contribution < -0.4 is 24.8 Å². The number of pyridine rings is 1. The number of nitrogens with zero attached hydrogens (tertiary/aromatic N) is 8. The van der Waals surface area contributed by atoms with Gasteiger partial charge in [0.05, 0.1) is 23.6 Å². The third kappa shape index (κ3) is 8.55. The van der Waals surface area contributed by atoms with Crippen molar-refractivity contribution < 1.29 is 23.9 Å². The number of carbonyl (C=O) groups is 2. The number of ether oxygens (including phenoxy) is 2. The summed E-state index contributed by atoms with van der Waals surface area (Å²) in [5.74, 6) is 2.47. The Morgan fingerprint density at radius 3 is 2.46 bits per heavy atom. The molecule has 0 radical (unpaired) electrons. The van der Waals surface area contributed by atoms with E-state index in [9.17, 15) is 9.59 Å². The molecule has 2 aromatic carbocycles. The Balaban J connectivity index is 1.12. The molecule has 302 valence electrons. The highest BCUT2D eigenvalue weighted by molar-refractivity contribution is 5.90. The summed E-state index contributed by atoms with van der Waals surface area (Å²) < 4.78 is 16.4. The van der Waals surface area contributed by atoms with Gasteiger partial charge in [-0.1, -0.05) is 58.0 Å². The highest BCUT2D eigenvalue weighted by Gasteiger charge is 2.34. The molecule has 1 fully saturated rings. The molecule has 14 heteroatoms. The number of benzene rings is 2. The van der Waals surface area contributed by atoms with Gasteiger partial charge < -0.3 is 29.4 Å². The number of anilines is 2. The minimum atomic E-state index is -0.607. The van der Waals surface area contributed by atoms with Crippen molar-refractivity contribution in [3.63, 3.8) is 0 Å². The second kappa shape index (κ2) is 16.8. The smallest absolute Gasteiger partial charge is 0.357 e. The Morgan fingerprint density at radius 2 is 1.72 bits per heavy atom. The summed E-state index contributed by atoms with van der Waals surface area (Å²) in [6, 6.07) is 20.9. The first-order valence-electron chi connectivity index (χ1n) is 20.1. The SMILES string of the molecule is CCN(C)CCOc1cccc(-n2nc(C(C)(C)C)cc2N(OC=O)C(=O)N[C@H]2CC[C@@H](Oc3ccc4nnc(N5[C@H](C)CCC[C@@H]5C)n4c3)c3ccccc32)c1. The summed E-state index contributed by atoms with van der Waals surface area (Å²) in [6.45, 7) is 15.2. The number of likely N-dealkylation sites (N-methyl/N-ethyl adjacent to an activating group) is 1. The van der Waals surface area contributed by atoms with Crippen LogP contribution >= 0.6 is 0 Å². The monoisotopic (exact) mass is 777 g/mol. The summed E-state index contributed by atoms with van der Waals surface area (Å²) in [5, 5.41) is 18.1. The molecule has 1 aliphatic heterocycles. The Morgan fingerprint density at radius 1 is 0.947 bits per heavy atom. The molecule has 2 amide bonds. The zero-order chi connectivity index (χ0) is 40.3. The van der Waals surface area contributed by atoms with Crippen LogP contribution in [0, 0.1) is 0 Å². The Kier molecular flexibility index (Phi) is 11.7. The Labute approximate surface area is 334 Å². The number of rotatable bonds is 13. The second-order valence-electron chi connectivity index (χ2n) is 16.2. The molecule has 0 unspecified atom stereocenters. The molecule has 7 rings (SSSR count). The maximum absolute atomic E-state index is 14.2. The van der Waals surface area contributed by atoms with Gasteiger partial charge in [-0.3, -0.25) is 9.20 Å². The van der Waals surface area contributed by atoms with E-state index >= 15 is 0 Å². The van der Waals surface area contributed by atoms with Gasteiger partial charge in [0.15, 0.2) is 11.5 Å². The molecule has 1 aliphatic carbocycles. The maximum atomic E-state index is 14.2. The van der Waals surface area contributed by atoms with Crippen molar-refractivity contribution in [2.45, 2.75) is 103 Å². The highest BCUT2D eigenvalue weighted by Crippen LogP contribution is 2.40. The van der Waals surface area contributed by atoms with E-state index < -0.39 is 6.03 Å². The molecule has 1 saturated heterocycles. The predicted octanol–water partition coefficient (Wildman–Crippen LogP) is 7.57. The lowest BCUT2D eigenvalue weighted by molar-refractivity contribution is -0.129. The van der Waals surface area contributed by atoms with Gasteiger partial charge in [0, 0.05) is 36.2 Å². The van der Waals surface area contributed by atoms with E-state index in [1.807, 2.05) is 99.1 Å². The largest absolute Gasteiger partial charge is 0.492 e. The molecule has 0 saturated carbocycles. The number of piperidine rings is 1. The van der Waals surface area contributed by atoms with Crippen LogP contribution in [-0.4, -0.2) is 80.6 Å². The lowest BCUT2D eigenvalue weighted by Gasteiger charge is -2.39. The van der Waals surface area contributed by atoms with Crippen LogP contribution in [0.15, 0.2) is 72.9 Å². The van der Waals surface area contributed by atoms with Gasteiger partial charge in [-0.15, -0.1) is 15.3 Å². The van der Waals surface area contributed by atoms with Crippen molar-refractivity contribution >= 4 is 29.9 Å². The van der Waals surface area contributed by atoms with Crippen LogP contribution in [0.5, 0.6) is 11.5 Å². The van der Waals surface area contributed by atoms with Crippen molar-refractivity contribution in [1.82, 2.24) is 34.6 Å². The predicted molar refractivity (Wildman–Crippen MR) is 219 cm³/mol. The number of amides is 2.